The predicted molar refractivity (Wildman–Crippen MR) is 85.3 cm³/mol. The first-order chi connectivity index (χ1) is 10.7. The monoisotopic (exact) mass is 323 g/mol. The number of nitrogens with one attached hydrogen (secondary N) is 1. The lowest BCUT2D eigenvalue weighted by Gasteiger charge is -2.36. The molecule has 1 amide bonds. The van der Waals surface area contributed by atoms with Crippen LogP contribution in [0.15, 0.2) is 12.3 Å². The SMILES string of the molecule is COC(=O)c1cc(C2CNCCN2C(=O)OC(C)(C)C)cn1C. The quantitative estimate of drug-likeness (QED) is 0.839. The van der Waals surface area contributed by atoms with Gasteiger partial charge in [0.05, 0.1) is 13.2 Å². The van der Waals surface area contributed by atoms with Crippen LogP contribution in [0.1, 0.15) is 42.9 Å². The van der Waals surface area contributed by atoms with Crippen molar-refractivity contribution in [1.82, 2.24) is 14.8 Å². The number of rotatable bonds is 2. The lowest BCUT2D eigenvalue weighted by Crippen LogP contribution is -2.50. The molecule has 128 valence electrons. The summed E-state index contributed by atoms with van der Waals surface area (Å²) in [5.41, 5.74) is 0.795. The minimum Gasteiger partial charge on any atom is -0.464 e. The van der Waals surface area contributed by atoms with Crippen molar-refractivity contribution in [2.24, 2.45) is 7.05 Å². The van der Waals surface area contributed by atoms with Gasteiger partial charge in [-0.1, -0.05) is 0 Å². The van der Waals surface area contributed by atoms with E-state index in [0.29, 0.717) is 25.3 Å². The highest BCUT2D eigenvalue weighted by Crippen LogP contribution is 2.26. The summed E-state index contributed by atoms with van der Waals surface area (Å²) in [6.45, 7) is 7.43. The first kappa shape index (κ1) is 17.3. The summed E-state index contributed by atoms with van der Waals surface area (Å²) in [4.78, 5) is 25.9. The molecule has 0 bridgehead atoms. The van der Waals surface area contributed by atoms with Gasteiger partial charge in [0.2, 0.25) is 0 Å². The van der Waals surface area contributed by atoms with Crippen LogP contribution in [-0.4, -0.2) is 53.9 Å². The summed E-state index contributed by atoms with van der Waals surface area (Å²) in [5, 5.41) is 3.28. The van der Waals surface area contributed by atoms with Gasteiger partial charge in [-0.15, -0.1) is 0 Å². The number of piperazine rings is 1. The summed E-state index contributed by atoms with van der Waals surface area (Å²) < 4.78 is 12.0. The highest BCUT2D eigenvalue weighted by atomic mass is 16.6. The second-order valence-electron chi connectivity index (χ2n) is 6.65. The molecule has 7 heteroatoms. The van der Waals surface area contributed by atoms with Gasteiger partial charge in [-0.05, 0) is 32.4 Å². The molecular weight excluding hydrogens is 298 g/mol. The van der Waals surface area contributed by atoms with Gasteiger partial charge in [-0.25, -0.2) is 9.59 Å². The van der Waals surface area contributed by atoms with Crippen molar-refractivity contribution in [3.8, 4) is 0 Å². The van der Waals surface area contributed by atoms with Crippen LogP contribution in [0, 0.1) is 0 Å². The number of hydrogen-bond donors (Lipinski definition) is 1. The van der Waals surface area contributed by atoms with Gasteiger partial charge in [-0.2, -0.15) is 0 Å². The average Bonchev–Trinajstić information content (AvgIpc) is 2.86. The maximum atomic E-state index is 12.5. The number of methoxy groups -OCH3 is 1. The molecule has 2 rings (SSSR count). The third-order valence-electron chi connectivity index (χ3n) is 3.68. The maximum absolute atomic E-state index is 12.5. The Kier molecular flexibility index (Phi) is 4.99. The number of aromatic nitrogens is 1. The number of nitrogens with zero attached hydrogens (tertiary/aromatic N) is 2. The van der Waals surface area contributed by atoms with Gasteiger partial charge in [0.25, 0.3) is 0 Å². The predicted octanol–water partition coefficient (Wildman–Crippen LogP) is 1.69. The Morgan fingerprint density at radius 1 is 1.35 bits per heavy atom. The van der Waals surface area contributed by atoms with Gasteiger partial charge in [-0.3, -0.25) is 4.90 Å². The summed E-state index contributed by atoms with van der Waals surface area (Å²) in [6.07, 6.45) is 1.51. The van der Waals surface area contributed by atoms with Crippen LogP contribution >= 0.6 is 0 Å². The van der Waals surface area contributed by atoms with Crippen LogP contribution in [0.2, 0.25) is 0 Å². The van der Waals surface area contributed by atoms with Gasteiger partial charge in [0.15, 0.2) is 0 Å². The fraction of sp³-hybridized carbons (Fsp3) is 0.625. The lowest BCUT2D eigenvalue weighted by atomic mass is 10.1. The molecule has 1 unspecified atom stereocenters. The molecule has 1 aromatic heterocycles. The average molecular weight is 323 g/mol. The van der Waals surface area contributed by atoms with Crippen molar-refractivity contribution in [3.63, 3.8) is 0 Å². The molecule has 1 fully saturated rings. The molecule has 2 heterocycles. The van der Waals surface area contributed by atoms with Gasteiger partial charge >= 0.3 is 12.1 Å². The second kappa shape index (κ2) is 6.62. The van der Waals surface area contributed by atoms with Crippen molar-refractivity contribution in [2.75, 3.05) is 26.7 Å². The molecule has 1 aromatic rings. The van der Waals surface area contributed by atoms with E-state index in [4.69, 9.17) is 9.47 Å². The molecule has 1 saturated heterocycles. The van der Waals surface area contributed by atoms with Crippen LogP contribution in [0.4, 0.5) is 4.79 Å². The molecule has 23 heavy (non-hydrogen) atoms. The highest BCUT2D eigenvalue weighted by molar-refractivity contribution is 5.88. The lowest BCUT2D eigenvalue weighted by molar-refractivity contribution is 0.0118. The number of aryl methyl sites for hydroxylation is 1. The highest BCUT2D eigenvalue weighted by Gasteiger charge is 2.32. The minimum atomic E-state index is -0.541. The van der Waals surface area contributed by atoms with Gasteiger partial charge in [0.1, 0.15) is 11.3 Å². The summed E-state index contributed by atoms with van der Waals surface area (Å²) in [6, 6.07) is 1.59. The Hall–Kier alpha value is -2.02. The number of hydrogen-bond acceptors (Lipinski definition) is 5. The van der Waals surface area contributed by atoms with Crippen LogP contribution in [0.5, 0.6) is 0 Å². The Morgan fingerprint density at radius 3 is 2.65 bits per heavy atom. The second-order valence-corrected chi connectivity index (χ2v) is 6.65. The van der Waals surface area contributed by atoms with E-state index >= 15 is 0 Å². The molecule has 1 aliphatic heterocycles. The normalized spacial score (nSPS) is 18.7. The molecule has 0 aromatic carbocycles. The summed E-state index contributed by atoms with van der Waals surface area (Å²) in [7, 11) is 3.13. The van der Waals surface area contributed by atoms with E-state index in [9.17, 15) is 9.59 Å². The number of carbonyl (C=O) groups is 2. The number of amides is 1. The van der Waals surface area contributed by atoms with E-state index in [0.717, 1.165) is 5.56 Å². The Bertz CT molecular complexity index is 589. The van der Waals surface area contributed by atoms with Crippen LogP contribution in [0.25, 0.3) is 0 Å². The summed E-state index contributed by atoms with van der Waals surface area (Å²) in [5.74, 6) is -0.397. The van der Waals surface area contributed by atoms with Crippen molar-refractivity contribution in [3.05, 3.63) is 23.5 Å². The van der Waals surface area contributed by atoms with E-state index in [1.165, 1.54) is 7.11 Å². The van der Waals surface area contributed by atoms with Gasteiger partial charge < -0.3 is 19.4 Å². The fourth-order valence-corrected chi connectivity index (χ4v) is 2.62. The fourth-order valence-electron chi connectivity index (χ4n) is 2.62. The maximum Gasteiger partial charge on any atom is 0.410 e. The molecule has 1 atom stereocenters. The smallest absolute Gasteiger partial charge is 0.410 e. The molecule has 0 aliphatic carbocycles. The van der Waals surface area contributed by atoms with E-state index in [-0.39, 0.29) is 12.1 Å². The van der Waals surface area contributed by atoms with Crippen molar-refractivity contribution in [1.29, 1.82) is 0 Å². The largest absolute Gasteiger partial charge is 0.464 e. The van der Waals surface area contributed by atoms with Crippen molar-refractivity contribution in [2.45, 2.75) is 32.4 Å². The molecular formula is C16H25N3O4. The van der Waals surface area contributed by atoms with Crippen molar-refractivity contribution >= 4 is 12.1 Å². The van der Waals surface area contributed by atoms with E-state index in [1.807, 2.05) is 27.0 Å². The molecule has 1 aliphatic rings. The van der Waals surface area contributed by atoms with E-state index in [1.54, 1.807) is 22.6 Å². The number of ether oxygens (including phenoxy) is 2. The topological polar surface area (TPSA) is 72.8 Å². The van der Waals surface area contributed by atoms with Crippen LogP contribution in [0.3, 0.4) is 0 Å². The van der Waals surface area contributed by atoms with E-state index < -0.39 is 11.6 Å². The molecule has 7 nitrogen and oxygen atoms in total. The Morgan fingerprint density at radius 2 is 2.04 bits per heavy atom. The number of carbonyl (C=O) groups excluding carboxylic acids is 2. The Balaban J connectivity index is 2.25. The van der Waals surface area contributed by atoms with Crippen LogP contribution < -0.4 is 5.32 Å². The molecule has 0 radical (unpaired) electrons. The first-order valence-electron chi connectivity index (χ1n) is 7.68. The zero-order chi connectivity index (χ0) is 17.2. The minimum absolute atomic E-state index is 0.178. The van der Waals surface area contributed by atoms with Crippen LogP contribution in [-0.2, 0) is 16.5 Å². The van der Waals surface area contributed by atoms with Gasteiger partial charge in [0, 0.05) is 32.9 Å². The first-order valence-corrected chi connectivity index (χ1v) is 7.68. The number of esters is 1. The third-order valence-corrected chi connectivity index (χ3v) is 3.68. The standard InChI is InChI=1S/C16H25N3O4/c1-16(2,3)23-15(21)19-7-6-17-9-13(19)11-8-12(14(20)22-5)18(4)10-11/h8,10,13,17H,6-7,9H2,1-5H3. The molecule has 1 N–H and O–H groups in total. The molecule has 0 saturated carbocycles. The summed E-state index contributed by atoms with van der Waals surface area (Å²) >= 11 is 0. The third kappa shape index (κ3) is 4.04. The Labute approximate surface area is 136 Å². The van der Waals surface area contributed by atoms with Crippen molar-refractivity contribution < 1.29 is 19.1 Å². The zero-order valence-corrected chi connectivity index (χ0v) is 14.4. The van der Waals surface area contributed by atoms with E-state index in [2.05, 4.69) is 5.32 Å². The molecule has 0 spiro atoms. The zero-order valence-electron chi connectivity index (χ0n) is 14.4.